The summed E-state index contributed by atoms with van der Waals surface area (Å²) < 4.78 is 5.19. The lowest BCUT2D eigenvalue weighted by Gasteiger charge is -2.30. The number of methoxy groups -OCH3 is 1. The molecule has 1 aliphatic heterocycles. The second-order valence-corrected chi connectivity index (χ2v) is 7.62. The van der Waals surface area contributed by atoms with Crippen LogP contribution in [-0.2, 0) is 9.59 Å². The van der Waals surface area contributed by atoms with E-state index in [-0.39, 0.29) is 17.7 Å². The molecule has 6 heteroatoms. The van der Waals surface area contributed by atoms with Crippen molar-refractivity contribution in [2.24, 2.45) is 5.92 Å². The van der Waals surface area contributed by atoms with Crippen LogP contribution in [0.5, 0.6) is 5.75 Å². The molecule has 6 nitrogen and oxygen atoms in total. The minimum absolute atomic E-state index is 0.0208. The average Bonchev–Trinajstić information content (AvgIpc) is 2.71. The van der Waals surface area contributed by atoms with Crippen LogP contribution in [0, 0.1) is 19.8 Å². The number of benzene rings is 2. The highest BCUT2D eigenvalue weighted by Crippen LogP contribution is 2.22. The standard InChI is InChI=1S/C23H29N3O3/c1-16-7-8-20(13-17(16)2)24-22(27)15-26-11-9-18(10-12-26)23(28)25-19-5-4-6-21(14-19)29-3/h4-8,13-14,18H,9-12,15H2,1-3H3,(H,24,27)(H,25,28). The lowest BCUT2D eigenvalue weighted by molar-refractivity contribution is -0.121. The van der Waals surface area contributed by atoms with E-state index < -0.39 is 0 Å². The molecule has 29 heavy (non-hydrogen) atoms. The van der Waals surface area contributed by atoms with E-state index in [1.807, 2.05) is 49.4 Å². The van der Waals surface area contributed by atoms with Crippen molar-refractivity contribution in [1.82, 2.24) is 4.90 Å². The first kappa shape index (κ1) is 20.9. The minimum atomic E-state index is -0.0414. The summed E-state index contributed by atoms with van der Waals surface area (Å²) in [6.07, 6.45) is 1.49. The van der Waals surface area contributed by atoms with Crippen molar-refractivity contribution >= 4 is 23.2 Å². The van der Waals surface area contributed by atoms with E-state index in [2.05, 4.69) is 22.5 Å². The van der Waals surface area contributed by atoms with Crippen molar-refractivity contribution in [1.29, 1.82) is 0 Å². The van der Waals surface area contributed by atoms with Crippen molar-refractivity contribution in [2.45, 2.75) is 26.7 Å². The first-order valence-electron chi connectivity index (χ1n) is 9.99. The predicted molar refractivity (Wildman–Crippen MR) is 115 cm³/mol. The monoisotopic (exact) mass is 395 g/mol. The molecule has 0 aliphatic carbocycles. The van der Waals surface area contributed by atoms with E-state index in [0.717, 1.165) is 42.9 Å². The Kier molecular flexibility index (Phi) is 6.88. The zero-order valence-corrected chi connectivity index (χ0v) is 17.3. The number of nitrogens with one attached hydrogen (secondary N) is 2. The fraction of sp³-hybridized carbons (Fsp3) is 0.391. The quantitative estimate of drug-likeness (QED) is 0.784. The van der Waals surface area contributed by atoms with E-state index in [1.165, 1.54) is 5.56 Å². The molecular weight excluding hydrogens is 366 g/mol. The lowest BCUT2D eigenvalue weighted by Crippen LogP contribution is -2.41. The highest BCUT2D eigenvalue weighted by molar-refractivity contribution is 5.93. The highest BCUT2D eigenvalue weighted by Gasteiger charge is 2.26. The van der Waals surface area contributed by atoms with Gasteiger partial charge in [-0.2, -0.15) is 0 Å². The van der Waals surface area contributed by atoms with Crippen LogP contribution in [0.15, 0.2) is 42.5 Å². The summed E-state index contributed by atoms with van der Waals surface area (Å²) in [7, 11) is 1.60. The van der Waals surface area contributed by atoms with Gasteiger partial charge >= 0.3 is 0 Å². The number of ether oxygens (including phenoxy) is 1. The summed E-state index contributed by atoms with van der Waals surface area (Å²) >= 11 is 0. The summed E-state index contributed by atoms with van der Waals surface area (Å²) in [6.45, 7) is 5.89. The van der Waals surface area contributed by atoms with Crippen molar-refractivity contribution in [2.75, 3.05) is 37.4 Å². The first-order valence-corrected chi connectivity index (χ1v) is 9.99. The van der Waals surface area contributed by atoms with Gasteiger partial charge in [-0.3, -0.25) is 14.5 Å². The van der Waals surface area contributed by atoms with Crippen LogP contribution in [0.2, 0.25) is 0 Å². The van der Waals surface area contributed by atoms with Crippen LogP contribution >= 0.6 is 0 Å². The second-order valence-electron chi connectivity index (χ2n) is 7.62. The van der Waals surface area contributed by atoms with Crippen molar-refractivity contribution < 1.29 is 14.3 Å². The number of nitrogens with zero attached hydrogens (tertiary/aromatic N) is 1. The molecule has 3 rings (SSSR count). The third kappa shape index (κ3) is 5.81. The van der Waals surface area contributed by atoms with E-state index in [9.17, 15) is 9.59 Å². The number of piperidine rings is 1. The molecule has 0 saturated carbocycles. The highest BCUT2D eigenvalue weighted by atomic mass is 16.5. The van der Waals surface area contributed by atoms with Gasteiger partial charge in [0.25, 0.3) is 0 Å². The Morgan fingerprint density at radius 2 is 1.72 bits per heavy atom. The number of rotatable bonds is 6. The number of anilines is 2. The zero-order chi connectivity index (χ0) is 20.8. The molecular formula is C23H29N3O3. The lowest BCUT2D eigenvalue weighted by atomic mass is 9.95. The Morgan fingerprint density at radius 3 is 2.41 bits per heavy atom. The molecule has 1 heterocycles. The maximum Gasteiger partial charge on any atom is 0.238 e. The number of hydrogen-bond donors (Lipinski definition) is 2. The number of likely N-dealkylation sites (tertiary alicyclic amines) is 1. The summed E-state index contributed by atoms with van der Waals surface area (Å²) in [5.41, 5.74) is 3.93. The number of carbonyl (C=O) groups is 2. The maximum atomic E-state index is 12.5. The second kappa shape index (κ2) is 9.56. The SMILES string of the molecule is COc1cccc(NC(=O)C2CCN(CC(=O)Nc3ccc(C)c(C)c3)CC2)c1. The van der Waals surface area contributed by atoms with Gasteiger partial charge in [-0.15, -0.1) is 0 Å². The molecule has 0 unspecified atom stereocenters. The zero-order valence-electron chi connectivity index (χ0n) is 17.3. The van der Waals surface area contributed by atoms with Crippen LogP contribution in [-0.4, -0.2) is 43.5 Å². The van der Waals surface area contributed by atoms with Gasteiger partial charge in [-0.05, 0) is 75.2 Å². The van der Waals surface area contributed by atoms with Crippen LogP contribution < -0.4 is 15.4 Å². The number of hydrogen-bond acceptors (Lipinski definition) is 4. The fourth-order valence-electron chi connectivity index (χ4n) is 3.52. The fourth-order valence-corrected chi connectivity index (χ4v) is 3.52. The Labute approximate surface area is 172 Å². The van der Waals surface area contributed by atoms with E-state index >= 15 is 0 Å². The van der Waals surface area contributed by atoms with Gasteiger partial charge in [0.05, 0.1) is 13.7 Å². The molecule has 2 aromatic carbocycles. The summed E-state index contributed by atoms with van der Waals surface area (Å²) in [4.78, 5) is 27.0. The maximum absolute atomic E-state index is 12.5. The van der Waals surface area contributed by atoms with Crippen LogP contribution in [0.1, 0.15) is 24.0 Å². The molecule has 0 aromatic heterocycles. The minimum Gasteiger partial charge on any atom is -0.497 e. The molecule has 1 aliphatic rings. The number of carbonyl (C=O) groups excluding carboxylic acids is 2. The Morgan fingerprint density at radius 1 is 1.00 bits per heavy atom. The van der Waals surface area contributed by atoms with Gasteiger partial charge in [-0.1, -0.05) is 12.1 Å². The predicted octanol–water partition coefficient (Wildman–Crippen LogP) is 3.60. The van der Waals surface area contributed by atoms with Crippen LogP contribution in [0.4, 0.5) is 11.4 Å². The Bertz CT molecular complexity index is 873. The van der Waals surface area contributed by atoms with E-state index in [1.54, 1.807) is 7.11 Å². The third-order valence-electron chi connectivity index (χ3n) is 5.45. The molecule has 0 atom stereocenters. The molecule has 1 fully saturated rings. The summed E-state index contributed by atoms with van der Waals surface area (Å²) in [5.74, 6) is 0.678. The van der Waals surface area contributed by atoms with Crippen molar-refractivity contribution in [3.8, 4) is 5.75 Å². The average molecular weight is 396 g/mol. The largest absolute Gasteiger partial charge is 0.497 e. The summed E-state index contributed by atoms with van der Waals surface area (Å²) in [5, 5.41) is 5.93. The van der Waals surface area contributed by atoms with E-state index in [4.69, 9.17) is 4.74 Å². The van der Waals surface area contributed by atoms with Gasteiger partial charge in [0.15, 0.2) is 0 Å². The van der Waals surface area contributed by atoms with Crippen LogP contribution in [0.3, 0.4) is 0 Å². The van der Waals surface area contributed by atoms with Gasteiger partial charge in [0.1, 0.15) is 5.75 Å². The van der Waals surface area contributed by atoms with Gasteiger partial charge in [0.2, 0.25) is 11.8 Å². The van der Waals surface area contributed by atoms with Crippen LogP contribution in [0.25, 0.3) is 0 Å². The van der Waals surface area contributed by atoms with Crippen molar-refractivity contribution in [3.63, 3.8) is 0 Å². The topological polar surface area (TPSA) is 70.7 Å². The Balaban J connectivity index is 1.45. The smallest absolute Gasteiger partial charge is 0.238 e. The Hall–Kier alpha value is -2.86. The number of amides is 2. The molecule has 2 N–H and O–H groups in total. The van der Waals surface area contributed by atoms with Gasteiger partial charge in [0, 0.05) is 23.4 Å². The molecule has 2 amide bonds. The molecule has 0 spiro atoms. The molecule has 0 radical (unpaired) electrons. The molecule has 2 aromatic rings. The first-order chi connectivity index (χ1) is 13.9. The normalized spacial score (nSPS) is 15.0. The van der Waals surface area contributed by atoms with E-state index in [0.29, 0.717) is 12.3 Å². The van der Waals surface area contributed by atoms with Gasteiger partial charge < -0.3 is 15.4 Å². The third-order valence-corrected chi connectivity index (χ3v) is 5.45. The molecule has 1 saturated heterocycles. The summed E-state index contributed by atoms with van der Waals surface area (Å²) in [6, 6.07) is 13.3. The molecule has 0 bridgehead atoms. The molecule has 154 valence electrons. The van der Waals surface area contributed by atoms with Gasteiger partial charge in [-0.25, -0.2) is 0 Å². The number of aryl methyl sites for hydroxylation is 2. The van der Waals surface area contributed by atoms with Crippen molar-refractivity contribution in [3.05, 3.63) is 53.6 Å².